The Labute approximate surface area is 158 Å². The number of morpholine rings is 1. The van der Waals surface area contributed by atoms with Crippen molar-refractivity contribution in [2.75, 3.05) is 24.7 Å². The van der Waals surface area contributed by atoms with Gasteiger partial charge in [-0.25, -0.2) is 4.39 Å². The summed E-state index contributed by atoms with van der Waals surface area (Å²) in [5.41, 5.74) is 3.51. The monoisotopic (exact) mass is 366 g/mol. The average Bonchev–Trinajstić information content (AvgIpc) is 2.69. The summed E-state index contributed by atoms with van der Waals surface area (Å²) in [6.45, 7) is 3.78. The molecule has 1 saturated heterocycles. The van der Waals surface area contributed by atoms with Gasteiger partial charge in [0.2, 0.25) is 0 Å². The van der Waals surface area contributed by atoms with Crippen molar-refractivity contribution in [2.45, 2.75) is 25.5 Å². The third kappa shape index (κ3) is 3.80. The molecule has 1 aliphatic rings. The quantitative estimate of drug-likeness (QED) is 0.758. The van der Waals surface area contributed by atoms with Gasteiger partial charge in [0.15, 0.2) is 0 Å². The summed E-state index contributed by atoms with van der Waals surface area (Å²) in [6.07, 6.45) is -0.0336. The summed E-state index contributed by atoms with van der Waals surface area (Å²) in [4.78, 5) is 6.76. The smallest absolute Gasteiger partial charge is 0.124 e. The van der Waals surface area contributed by atoms with Gasteiger partial charge < -0.3 is 14.7 Å². The third-order valence-electron chi connectivity index (χ3n) is 5.09. The number of hydrogen-bond acceptors (Lipinski definition) is 4. The minimum atomic E-state index is -0.577. The molecule has 2 heterocycles. The summed E-state index contributed by atoms with van der Waals surface area (Å²) in [5.74, 6) is -0.275. The number of pyridine rings is 1. The fourth-order valence-corrected chi connectivity index (χ4v) is 3.78. The van der Waals surface area contributed by atoms with Gasteiger partial charge in [-0.1, -0.05) is 30.3 Å². The lowest BCUT2D eigenvalue weighted by atomic mass is 9.99. The van der Waals surface area contributed by atoms with E-state index < -0.39 is 6.10 Å². The maximum atomic E-state index is 13.9. The van der Waals surface area contributed by atoms with Gasteiger partial charge in [0, 0.05) is 29.7 Å². The van der Waals surface area contributed by atoms with Crippen LogP contribution < -0.4 is 4.90 Å². The van der Waals surface area contributed by atoms with Crippen LogP contribution in [0, 0.1) is 12.7 Å². The van der Waals surface area contributed by atoms with Crippen LogP contribution in [0.3, 0.4) is 0 Å². The highest BCUT2D eigenvalue weighted by molar-refractivity contribution is 5.92. The van der Waals surface area contributed by atoms with Crippen LogP contribution in [0.25, 0.3) is 10.9 Å². The number of benzene rings is 2. The summed E-state index contributed by atoms with van der Waals surface area (Å²) in [7, 11) is 0. The Morgan fingerprint density at radius 3 is 2.85 bits per heavy atom. The molecule has 2 aromatic carbocycles. The highest BCUT2D eigenvalue weighted by Crippen LogP contribution is 2.32. The number of ether oxygens (including phenoxy) is 1. The van der Waals surface area contributed by atoms with E-state index in [4.69, 9.17) is 4.74 Å². The lowest BCUT2D eigenvalue weighted by Crippen LogP contribution is -2.46. The number of aliphatic hydroxyl groups excluding tert-OH is 1. The van der Waals surface area contributed by atoms with Crippen molar-refractivity contribution in [3.05, 3.63) is 71.7 Å². The summed E-state index contributed by atoms with van der Waals surface area (Å²) >= 11 is 0. The van der Waals surface area contributed by atoms with Gasteiger partial charge in [-0.05, 0) is 36.8 Å². The third-order valence-corrected chi connectivity index (χ3v) is 5.09. The first kappa shape index (κ1) is 17.9. The van der Waals surface area contributed by atoms with Crippen molar-refractivity contribution >= 4 is 16.6 Å². The van der Waals surface area contributed by atoms with Gasteiger partial charge >= 0.3 is 0 Å². The fourth-order valence-electron chi connectivity index (χ4n) is 3.78. The molecule has 3 aromatic rings. The van der Waals surface area contributed by atoms with Crippen LogP contribution in [0.15, 0.2) is 54.6 Å². The Balaban J connectivity index is 1.69. The number of anilines is 1. The standard InChI is InChI=1S/C22H23FN2O2/c1-15-11-21(19-12-17(23)7-8-20(19)24-15)25-9-10-27-14-18(25)13-22(26)16-5-3-2-4-6-16/h2-8,11-12,18,22,26H,9-10,13-14H2,1H3. The number of halogens is 1. The van der Waals surface area contributed by atoms with E-state index in [1.54, 1.807) is 6.07 Å². The van der Waals surface area contributed by atoms with E-state index in [-0.39, 0.29) is 11.9 Å². The number of aliphatic hydroxyl groups is 1. The molecule has 1 N–H and O–H groups in total. The summed E-state index contributed by atoms with van der Waals surface area (Å²) in [5, 5.41) is 11.5. The highest BCUT2D eigenvalue weighted by atomic mass is 19.1. The van der Waals surface area contributed by atoms with Gasteiger partial charge in [0.1, 0.15) is 5.82 Å². The number of aryl methyl sites for hydroxylation is 1. The molecule has 1 fully saturated rings. The number of rotatable bonds is 4. The zero-order valence-corrected chi connectivity index (χ0v) is 15.3. The molecule has 5 heteroatoms. The topological polar surface area (TPSA) is 45.6 Å². The molecule has 27 heavy (non-hydrogen) atoms. The molecule has 4 nitrogen and oxygen atoms in total. The summed E-state index contributed by atoms with van der Waals surface area (Å²) in [6, 6.07) is 16.3. The van der Waals surface area contributed by atoms with Gasteiger partial charge in [-0.2, -0.15) is 0 Å². The van der Waals surface area contributed by atoms with Crippen LogP contribution in [-0.2, 0) is 4.74 Å². The van der Waals surface area contributed by atoms with E-state index in [0.717, 1.165) is 27.8 Å². The number of hydrogen-bond donors (Lipinski definition) is 1. The van der Waals surface area contributed by atoms with Crippen LogP contribution in [0.5, 0.6) is 0 Å². The van der Waals surface area contributed by atoms with E-state index in [1.165, 1.54) is 12.1 Å². The Bertz CT molecular complexity index is 932. The van der Waals surface area contributed by atoms with Crippen molar-refractivity contribution in [1.82, 2.24) is 4.98 Å². The molecule has 2 unspecified atom stereocenters. The first-order valence-corrected chi connectivity index (χ1v) is 9.26. The minimum absolute atomic E-state index is 0.00206. The number of nitrogens with zero attached hydrogens (tertiary/aromatic N) is 2. The molecule has 2 atom stereocenters. The summed E-state index contributed by atoms with van der Waals surface area (Å²) < 4.78 is 19.6. The second kappa shape index (κ2) is 7.62. The van der Waals surface area contributed by atoms with Gasteiger partial charge in [0.25, 0.3) is 0 Å². The van der Waals surface area contributed by atoms with E-state index in [2.05, 4.69) is 9.88 Å². The SMILES string of the molecule is Cc1cc(N2CCOCC2CC(O)c2ccccc2)c2cc(F)ccc2n1. The molecule has 4 rings (SSSR count). The maximum absolute atomic E-state index is 13.9. The Morgan fingerprint density at radius 1 is 1.22 bits per heavy atom. The number of aromatic nitrogens is 1. The van der Waals surface area contributed by atoms with Gasteiger partial charge in [-0.3, -0.25) is 4.98 Å². The Kier molecular flexibility index (Phi) is 5.05. The van der Waals surface area contributed by atoms with Crippen molar-refractivity contribution in [3.63, 3.8) is 0 Å². The second-order valence-electron chi connectivity index (χ2n) is 7.03. The van der Waals surface area contributed by atoms with Gasteiger partial charge in [0.05, 0.1) is 30.9 Å². The van der Waals surface area contributed by atoms with E-state index in [0.29, 0.717) is 26.2 Å². The average molecular weight is 366 g/mol. The largest absolute Gasteiger partial charge is 0.388 e. The Hall–Kier alpha value is -2.50. The molecule has 0 saturated carbocycles. The zero-order valence-electron chi connectivity index (χ0n) is 15.3. The molecule has 1 aliphatic heterocycles. The molecule has 140 valence electrons. The van der Waals surface area contributed by atoms with E-state index in [9.17, 15) is 9.50 Å². The van der Waals surface area contributed by atoms with Crippen molar-refractivity contribution in [2.24, 2.45) is 0 Å². The van der Waals surface area contributed by atoms with E-state index in [1.807, 2.05) is 43.3 Å². The predicted octanol–water partition coefficient (Wildman–Crippen LogP) is 4.01. The molecule has 0 radical (unpaired) electrons. The van der Waals surface area contributed by atoms with Crippen molar-refractivity contribution < 1.29 is 14.2 Å². The molecular weight excluding hydrogens is 343 g/mol. The number of fused-ring (bicyclic) bond motifs is 1. The molecule has 0 bridgehead atoms. The molecule has 0 amide bonds. The predicted molar refractivity (Wildman–Crippen MR) is 104 cm³/mol. The normalized spacial score (nSPS) is 18.6. The first-order chi connectivity index (χ1) is 13.1. The van der Waals surface area contributed by atoms with Crippen LogP contribution in [-0.4, -0.2) is 35.9 Å². The molecule has 0 spiro atoms. The van der Waals surface area contributed by atoms with Crippen LogP contribution in [0.4, 0.5) is 10.1 Å². The molecular formula is C22H23FN2O2. The van der Waals surface area contributed by atoms with Crippen LogP contribution in [0.1, 0.15) is 23.8 Å². The van der Waals surface area contributed by atoms with Crippen LogP contribution >= 0.6 is 0 Å². The van der Waals surface area contributed by atoms with E-state index >= 15 is 0 Å². The Morgan fingerprint density at radius 2 is 2.04 bits per heavy atom. The van der Waals surface area contributed by atoms with Crippen LogP contribution in [0.2, 0.25) is 0 Å². The second-order valence-corrected chi connectivity index (χ2v) is 7.03. The zero-order chi connectivity index (χ0) is 18.8. The lowest BCUT2D eigenvalue weighted by Gasteiger charge is -2.39. The fraction of sp³-hybridized carbons (Fsp3) is 0.318. The maximum Gasteiger partial charge on any atom is 0.124 e. The highest BCUT2D eigenvalue weighted by Gasteiger charge is 2.27. The lowest BCUT2D eigenvalue weighted by molar-refractivity contribution is 0.0681. The van der Waals surface area contributed by atoms with Crippen molar-refractivity contribution in [3.8, 4) is 0 Å². The molecule has 0 aliphatic carbocycles. The van der Waals surface area contributed by atoms with Crippen molar-refractivity contribution in [1.29, 1.82) is 0 Å². The minimum Gasteiger partial charge on any atom is -0.388 e. The molecule has 1 aromatic heterocycles. The van der Waals surface area contributed by atoms with Gasteiger partial charge in [-0.15, -0.1) is 0 Å². The first-order valence-electron chi connectivity index (χ1n) is 9.26.